The molecule has 34 heavy (non-hydrogen) atoms. The Labute approximate surface area is 199 Å². The number of ether oxygens (including phenoxy) is 1. The third-order valence-corrected chi connectivity index (χ3v) is 8.15. The van der Waals surface area contributed by atoms with Gasteiger partial charge in [0.2, 0.25) is 0 Å². The molecular weight excluding hydrogens is 489 g/mol. The van der Waals surface area contributed by atoms with Crippen LogP contribution in [0.3, 0.4) is 0 Å². The van der Waals surface area contributed by atoms with Crippen molar-refractivity contribution in [3.63, 3.8) is 0 Å². The Morgan fingerprint density at radius 1 is 1.41 bits per heavy atom. The van der Waals surface area contributed by atoms with Gasteiger partial charge in [-0.05, 0) is 12.5 Å². The lowest BCUT2D eigenvalue weighted by molar-refractivity contribution is 0.123. The number of carbonyl (C=O) groups excluding carboxylic acids is 1. The van der Waals surface area contributed by atoms with E-state index < -0.39 is 28.8 Å². The number of hydrogen-bond acceptors (Lipinski definition) is 6. The summed E-state index contributed by atoms with van der Waals surface area (Å²) >= 11 is 5.92. The van der Waals surface area contributed by atoms with Crippen LogP contribution in [0.15, 0.2) is 17.3 Å². The fraction of sp³-hybridized carbons (Fsp3) is 0.429. The van der Waals surface area contributed by atoms with Gasteiger partial charge in [0.05, 0.1) is 41.5 Å². The van der Waals surface area contributed by atoms with E-state index in [-0.39, 0.29) is 46.8 Å². The Bertz CT molecular complexity index is 1430. The van der Waals surface area contributed by atoms with Gasteiger partial charge in [-0.3, -0.25) is 9.11 Å². The van der Waals surface area contributed by atoms with Crippen LogP contribution in [0.1, 0.15) is 18.2 Å². The van der Waals surface area contributed by atoms with Crippen molar-refractivity contribution < 1.29 is 28.0 Å². The molecule has 13 heteroatoms. The molecule has 0 aromatic carbocycles. The first-order valence-electron chi connectivity index (χ1n) is 10.7. The minimum atomic E-state index is -1.56. The highest BCUT2D eigenvalue weighted by molar-refractivity contribution is 7.84. The first-order chi connectivity index (χ1) is 16.3. The summed E-state index contributed by atoms with van der Waals surface area (Å²) in [7, 11) is -1.56. The van der Waals surface area contributed by atoms with E-state index in [1.54, 1.807) is 11.0 Å². The maximum Gasteiger partial charge on any atom is 0.410 e. The number of amides is 2. The number of pyridine rings is 2. The van der Waals surface area contributed by atoms with Crippen LogP contribution in [0, 0.1) is 11.7 Å². The first-order valence-corrected chi connectivity index (χ1v) is 12.6. The van der Waals surface area contributed by atoms with Gasteiger partial charge in [0.1, 0.15) is 17.1 Å². The second kappa shape index (κ2) is 7.51. The van der Waals surface area contributed by atoms with Gasteiger partial charge in [-0.2, -0.15) is 0 Å². The molecule has 3 aromatic heterocycles. The maximum absolute atomic E-state index is 15.0. The second-order valence-electron chi connectivity index (χ2n) is 8.79. The number of fused-ring (bicyclic) bond motifs is 4. The van der Waals surface area contributed by atoms with Crippen molar-refractivity contribution in [2.24, 2.45) is 5.92 Å². The molecule has 3 aromatic rings. The van der Waals surface area contributed by atoms with E-state index in [0.717, 1.165) is 6.42 Å². The standard InChI is InChI=1S/C21H19ClFN5O5S/c1-34(32)19-11-5-10(8-26-2-3-33-21(26)31)28(16-9-4-13(16)27(7-9)20(29)30)17(11)12-6-24-18(22)14(23)15(12)25-19/h5-6,9,13,16H,2-4,7-8H2,1H3,(H,29,30). The minimum Gasteiger partial charge on any atom is -0.465 e. The lowest BCUT2D eigenvalue weighted by atomic mass is 9.79. The zero-order valence-electron chi connectivity index (χ0n) is 17.9. The highest BCUT2D eigenvalue weighted by Crippen LogP contribution is 2.52. The lowest BCUT2D eigenvalue weighted by Crippen LogP contribution is -2.43. The van der Waals surface area contributed by atoms with Crippen LogP contribution in [0.4, 0.5) is 14.0 Å². The van der Waals surface area contributed by atoms with Crippen LogP contribution >= 0.6 is 11.6 Å². The summed E-state index contributed by atoms with van der Waals surface area (Å²) in [5, 5.41) is 10.4. The molecule has 0 radical (unpaired) electrons. The number of nitrogens with zero attached hydrogens (tertiary/aromatic N) is 5. The molecule has 3 aliphatic heterocycles. The van der Waals surface area contributed by atoms with E-state index in [1.165, 1.54) is 17.4 Å². The Hall–Kier alpha value is -2.99. The number of carboxylic acid groups (broad SMARTS) is 1. The average molecular weight is 508 g/mol. The molecule has 1 N–H and O–H groups in total. The van der Waals surface area contributed by atoms with Crippen LogP contribution in [0.25, 0.3) is 21.8 Å². The van der Waals surface area contributed by atoms with E-state index in [2.05, 4.69) is 9.97 Å². The van der Waals surface area contributed by atoms with Gasteiger partial charge >= 0.3 is 12.2 Å². The third kappa shape index (κ3) is 2.94. The molecule has 6 heterocycles. The number of rotatable bonds is 4. The molecule has 4 atom stereocenters. The largest absolute Gasteiger partial charge is 0.465 e. The Morgan fingerprint density at radius 2 is 2.21 bits per heavy atom. The molecule has 4 fully saturated rings. The number of carbonyl (C=O) groups is 2. The SMILES string of the molecule is CS(=O)c1nc2c(F)c(Cl)ncc2c2c1cc(CN1CCOC1=O)n2C1C2CC1N(C(=O)O)C2. The molecule has 10 nitrogen and oxygen atoms in total. The summed E-state index contributed by atoms with van der Waals surface area (Å²) in [6.07, 6.45) is 2.18. The number of cyclic esters (lactones) is 1. The quantitative estimate of drug-likeness (QED) is 0.539. The van der Waals surface area contributed by atoms with Crippen molar-refractivity contribution in [1.29, 1.82) is 0 Å². The van der Waals surface area contributed by atoms with Gasteiger partial charge in [0.15, 0.2) is 11.0 Å². The molecule has 4 unspecified atom stereocenters. The number of aromatic nitrogens is 3. The molecule has 4 aliphatic rings. The normalized spacial score (nSPS) is 24.7. The van der Waals surface area contributed by atoms with Crippen LogP contribution in [0.5, 0.6) is 0 Å². The van der Waals surface area contributed by atoms with Crippen molar-refractivity contribution in [2.45, 2.75) is 30.1 Å². The Balaban J connectivity index is 1.64. The summed E-state index contributed by atoms with van der Waals surface area (Å²) in [6, 6.07) is 1.33. The molecule has 178 valence electrons. The summed E-state index contributed by atoms with van der Waals surface area (Å²) in [4.78, 5) is 35.3. The predicted molar refractivity (Wildman–Crippen MR) is 120 cm³/mol. The molecule has 2 amide bonds. The van der Waals surface area contributed by atoms with E-state index >= 15 is 0 Å². The van der Waals surface area contributed by atoms with Gasteiger partial charge in [-0.1, -0.05) is 11.6 Å². The van der Waals surface area contributed by atoms with E-state index in [0.29, 0.717) is 35.1 Å². The number of hydrogen-bond donors (Lipinski definition) is 1. The summed E-state index contributed by atoms with van der Waals surface area (Å²) in [5.74, 6) is -0.751. The van der Waals surface area contributed by atoms with Crippen molar-refractivity contribution in [2.75, 3.05) is 26.0 Å². The molecule has 0 spiro atoms. The summed E-state index contributed by atoms with van der Waals surface area (Å²) in [6.45, 7) is 1.29. The smallest absolute Gasteiger partial charge is 0.410 e. The molecule has 3 saturated heterocycles. The van der Waals surface area contributed by atoms with E-state index in [9.17, 15) is 23.3 Å². The monoisotopic (exact) mass is 507 g/mol. The van der Waals surface area contributed by atoms with E-state index in [4.69, 9.17) is 16.3 Å². The Morgan fingerprint density at radius 3 is 2.85 bits per heavy atom. The third-order valence-electron chi connectivity index (χ3n) is 7.03. The topological polar surface area (TPSA) is 118 Å². The maximum atomic E-state index is 15.0. The van der Waals surface area contributed by atoms with Gasteiger partial charge in [0.25, 0.3) is 0 Å². The fourth-order valence-electron chi connectivity index (χ4n) is 5.55. The summed E-state index contributed by atoms with van der Waals surface area (Å²) in [5.41, 5.74) is 1.22. The van der Waals surface area contributed by atoms with Crippen molar-refractivity contribution in [3.05, 3.63) is 28.9 Å². The van der Waals surface area contributed by atoms with Crippen molar-refractivity contribution in [3.8, 4) is 0 Å². The van der Waals surface area contributed by atoms with Gasteiger partial charge < -0.3 is 19.3 Å². The Kier molecular flexibility index (Phi) is 4.75. The first kappa shape index (κ1) is 21.5. The molecule has 7 rings (SSSR count). The predicted octanol–water partition coefficient (Wildman–Crippen LogP) is 2.99. The minimum absolute atomic E-state index is 0.0501. The van der Waals surface area contributed by atoms with Crippen molar-refractivity contribution >= 4 is 56.4 Å². The van der Waals surface area contributed by atoms with Crippen LogP contribution in [0.2, 0.25) is 5.15 Å². The highest BCUT2D eigenvalue weighted by atomic mass is 35.5. The highest BCUT2D eigenvalue weighted by Gasteiger charge is 2.55. The van der Waals surface area contributed by atoms with E-state index in [1.807, 2.05) is 4.57 Å². The summed E-state index contributed by atoms with van der Waals surface area (Å²) < 4.78 is 34.7. The second-order valence-corrected chi connectivity index (χ2v) is 10.4. The molecule has 1 saturated carbocycles. The van der Waals surface area contributed by atoms with Crippen LogP contribution < -0.4 is 0 Å². The average Bonchev–Trinajstić information content (AvgIpc) is 3.54. The van der Waals surface area contributed by atoms with Gasteiger partial charge in [-0.25, -0.2) is 23.9 Å². The molecule has 2 bridgehead atoms. The number of halogens is 2. The van der Waals surface area contributed by atoms with Crippen LogP contribution in [-0.4, -0.2) is 77.8 Å². The molecule has 1 aliphatic carbocycles. The fourth-order valence-corrected chi connectivity index (χ4v) is 6.38. The zero-order chi connectivity index (χ0) is 23.9. The van der Waals surface area contributed by atoms with Crippen molar-refractivity contribution in [1.82, 2.24) is 24.3 Å². The van der Waals surface area contributed by atoms with Gasteiger partial charge in [-0.15, -0.1) is 0 Å². The lowest BCUT2D eigenvalue weighted by Gasteiger charge is -2.39. The molecular formula is C21H19ClFN5O5S. The van der Waals surface area contributed by atoms with Gasteiger partial charge in [0, 0.05) is 41.4 Å². The zero-order valence-corrected chi connectivity index (χ0v) is 19.5. The van der Waals surface area contributed by atoms with Crippen LogP contribution in [-0.2, 0) is 22.1 Å².